The molecule has 2 aromatic heterocycles. The van der Waals surface area contributed by atoms with E-state index in [-0.39, 0.29) is 0 Å². The van der Waals surface area contributed by atoms with Gasteiger partial charge in [-0.25, -0.2) is 19.4 Å². The number of hydrogen-bond acceptors (Lipinski definition) is 6. The van der Waals surface area contributed by atoms with Crippen LogP contribution >= 0.6 is 23.4 Å². The zero-order valence-corrected chi connectivity index (χ0v) is 17.7. The predicted molar refractivity (Wildman–Crippen MR) is 118 cm³/mol. The van der Waals surface area contributed by atoms with Crippen molar-refractivity contribution in [2.24, 2.45) is 0 Å². The molecule has 4 rings (SSSR count). The first-order valence-electron chi connectivity index (χ1n) is 9.18. The molecule has 30 heavy (non-hydrogen) atoms. The molecule has 152 valence electrons. The highest BCUT2D eigenvalue weighted by Gasteiger charge is 2.16. The van der Waals surface area contributed by atoms with Crippen LogP contribution in [-0.4, -0.2) is 32.1 Å². The zero-order valence-electron chi connectivity index (χ0n) is 16.1. The third-order valence-corrected chi connectivity index (χ3v) is 5.12. The molecule has 0 aliphatic heterocycles. The Kier molecular flexibility index (Phi) is 6.15. The number of carbonyl (C=O) groups is 1. The zero-order chi connectivity index (χ0) is 20.9. The van der Waals surface area contributed by atoms with E-state index in [1.165, 1.54) is 17.3 Å². The van der Waals surface area contributed by atoms with Crippen LogP contribution < -0.4 is 10.1 Å². The van der Waals surface area contributed by atoms with E-state index in [0.29, 0.717) is 39.3 Å². The maximum atomic E-state index is 12.4. The van der Waals surface area contributed by atoms with Crippen molar-refractivity contribution in [2.45, 2.75) is 18.1 Å². The third-order valence-electron chi connectivity index (χ3n) is 4.34. The molecule has 1 amide bonds. The van der Waals surface area contributed by atoms with Crippen molar-refractivity contribution in [3.05, 3.63) is 71.4 Å². The number of aryl methyl sites for hydroxylation is 2. The van der Waals surface area contributed by atoms with Crippen LogP contribution in [0.2, 0.25) is 5.02 Å². The summed E-state index contributed by atoms with van der Waals surface area (Å²) in [6.45, 7) is 0.657. The first-order chi connectivity index (χ1) is 14.6. The highest BCUT2D eigenvalue weighted by atomic mass is 35.5. The van der Waals surface area contributed by atoms with Gasteiger partial charge in [-0.1, -0.05) is 59.8 Å². The number of benzene rings is 2. The second kappa shape index (κ2) is 9.15. The number of thioether (sulfide) groups is 1. The Morgan fingerprint density at radius 2 is 2.00 bits per heavy atom. The Balaban J connectivity index is 1.56. The monoisotopic (exact) mass is 439 g/mol. The van der Waals surface area contributed by atoms with Crippen LogP contribution in [0, 0.1) is 0 Å². The molecule has 9 heteroatoms. The summed E-state index contributed by atoms with van der Waals surface area (Å²) in [6.07, 6.45) is 3.68. The van der Waals surface area contributed by atoms with E-state index in [2.05, 4.69) is 32.5 Å². The number of amides is 1. The molecule has 2 aromatic carbocycles. The molecule has 7 nitrogen and oxygen atoms in total. The molecule has 0 bridgehead atoms. The van der Waals surface area contributed by atoms with Crippen molar-refractivity contribution in [3.8, 4) is 5.75 Å². The Hall–Kier alpha value is -3.10. The molecule has 4 aromatic rings. The number of nitrogens with zero attached hydrogens (tertiary/aromatic N) is 4. The first kappa shape index (κ1) is 20.2. The summed E-state index contributed by atoms with van der Waals surface area (Å²) in [5.41, 5.74) is 1.87. The molecule has 0 aliphatic rings. The van der Waals surface area contributed by atoms with Crippen molar-refractivity contribution in [1.82, 2.24) is 19.7 Å². The Bertz CT molecular complexity index is 1180. The lowest BCUT2D eigenvalue weighted by Gasteiger charge is -2.09. The Morgan fingerprint density at radius 3 is 2.77 bits per heavy atom. The smallest absolute Gasteiger partial charge is 0.410 e. The molecule has 2 heterocycles. The number of nitrogens with one attached hydrogen (secondary N) is 1. The molecule has 0 spiro atoms. The van der Waals surface area contributed by atoms with Crippen molar-refractivity contribution in [2.75, 3.05) is 11.6 Å². The van der Waals surface area contributed by atoms with Crippen LogP contribution in [0.25, 0.3) is 11.0 Å². The number of carbonyl (C=O) groups excluding carboxylic acids is 1. The number of hydrogen-bond donors (Lipinski definition) is 1. The van der Waals surface area contributed by atoms with Gasteiger partial charge in [0.2, 0.25) is 0 Å². The summed E-state index contributed by atoms with van der Waals surface area (Å²) in [4.78, 5) is 21.4. The highest BCUT2D eigenvalue weighted by molar-refractivity contribution is 7.98. The second-order valence-electron chi connectivity index (χ2n) is 6.37. The van der Waals surface area contributed by atoms with Gasteiger partial charge in [0.1, 0.15) is 5.75 Å². The van der Waals surface area contributed by atoms with Crippen molar-refractivity contribution in [1.29, 1.82) is 0 Å². The fourth-order valence-corrected chi connectivity index (χ4v) is 3.47. The molecule has 0 atom stereocenters. The summed E-state index contributed by atoms with van der Waals surface area (Å²) < 4.78 is 7.12. The normalized spacial score (nSPS) is 10.9. The molecule has 1 N–H and O–H groups in total. The van der Waals surface area contributed by atoms with Gasteiger partial charge in [-0.2, -0.15) is 5.10 Å². The van der Waals surface area contributed by atoms with Gasteiger partial charge in [-0.3, -0.25) is 5.32 Å². The van der Waals surface area contributed by atoms with Gasteiger partial charge in [-0.05, 0) is 36.4 Å². The molecule has 0 unspecified atom stereocenters. The number of halogens is 1. The fourth-order valence-electron chi connectivity index (χ4n) is 2.92. The van der Waals surface area contributed by atoms with Crippen LogP contribution in [0.1, 0.15) is 5.56 Å². The second-order valence-corrected chi connectivity index (χ2v) is 7.58. The standard InChI is InChI=1S/C21H18ClN5O2S/c1-30-20-24-18(25-21(28)29-16-9-5-8-15(22)12-16)17-13-23-27(19(17)26-20)11-10-14-6-3-2-4-7-14/h2-9,12-13H,10-11H2,1H3,(H,24,25,26,28). The topological polar surface area (TPSA) is 81.9 Å². The van der Waals surface area contributed by atoms with Gasteiger partial charge >= 0.3 is 6.09 Å². The predicted octanol–water partition coefficient (Wildman–Crippen LogP) is 5.06. The fraction of sp³-hybridized carbons (Fsp3) is 0.143. The number of anilines is 1. The van der Waals surface area contributed by atoms with E-state index >= 15 is 0 Å². The molecule has 0 radical (unpaired) electrons. The summed E-state index contributed by atoms with van der Waals surface area (Å²) in [5, 5.41) is 8.79. The van der Waals surface area contributed by atoms with E-state index in [1.54, 1.807) is 30.5 Å². The Labute approximate surface area is 182 Å². The first-order valence-corrected chi connectivity index (χ1v) is 10.8. The van der Waals surface area contributed by atoms with Crippen LogP contribution in [-0.2, 0) is 13.0 Å². The Morgan fingerprint density at radius 1 is 1.17 bits per heavy atom. The van der Waals surface area contributed by atoms with E-state index in [1.807, 2.05) is 29.1 Å². The van der Waals surface area contributed by atoms with Crippen molar-refractivity contribution >= 4 is 46.3 Å². The van der Waals surface area contributed by atoms with Gasteiger partial charge in [0.05, 0.1) is 11.6 Å². The summed E-state index contributed by atoms with van der Waals surface area (Å²) >= 11 is 7.32. The van der Waals surface area contributed by atoms with Crippen molar-refractivity contribution in [3.63, 3.8) is 0 Å². The van der Waals surface area contributed by atoms with Gasteiger partial charge in [0, 0.05) is 11.6 Å². The number of aromatic nitrogens is 4. The average molecular weight is 440 g/mol. The average Bonchev–Trinajstić information content (AvgIpc) is 3.16. The van der Waals surface area contributed by atoms with Crippen LogP contribution in [0.3, 0.4) is 0 Å². The van der Waals surface area contributed by atoms with E-state index < -0.39 is 6.09 Å². The number of fused-ring (bicyclic) bond motifs is 1. The number of ether oxygens (including phenoxy) is 1. The molecule has 0 saturated carbocycles. The van der Waals surface area contributed by atoms with Gasteiger partial charge < -0.3 is 4.74 Å². The van der Waals surface area contributed by atoms with Crippen LogP contribution in [0.4, 0.5) is 10.6 Å². The largest absolute Gasteiger partial charge is 0.418 e. The summed E-state index contributed by atoms with van der Waals surface area (Å²) in [6, 6.07) is 16.8. The molecule has 0 aliphatic carbocycles. The maximum Gasteiger partial charge on any atom is 0.418 e. The van der Waals surface area contributed by atoms with Crippen molar-refractivity contribution < 1.29 is 9.53 Å². The van der Waals surface area contributed by atoms with Crippen LogP contribution in [0.5, 0.6) is 5.75 Å². The highest BCUT2D eigenvalue weighted by Crippen LogP contribution is 2.24. The lowest BCUT2D eigenvalue weighted by molar-refractivity contribution is 0.215. The van der Waals surface area contributed by atoms with Gasteiger partial charge in [0.15, 0.2) is 16.6 Å². The molecule has 0 fully saturated rings. The summed E-state index contributed by atoms with van der Waals surface area (Å²) in [5.74, 6) is 0.691. The van der Waals surface area contributed by atoms with Gasteiger partial charge in [-0.15, -0.1) is 0 Å². The van der Waals surface area contributed by atoms with E-state index in [4.69, 9.17) is 16.3 Å². The minimum Gasteiger partial charge on any atom is -0.410 e. The quantitative estimate of drug-likeness (QED) is 0.334. The van der Waals surface area contributed by atoms with Gasteiger partial charge in [0.25, 0.3) is 0 Å². The lowest BCUT2D eigenvalue weighted by Crippen LogP contribution is -2.18. The minimum absolute atomic E-state index is 0.342. The molecular weight excluding hydrogens is 422 g/mol. The maximum absolute atomic E-state index is 12.4. The molecule has 0 saturated heterocycles. The van der Waals surface area contributed by atoms with Crippen LogP contribution in [0.15, 0.2) is 66.0 Å². The van der Waals surface area contributed by atoms with E-state index in [0.717, 1.165) is 6.42 Å². The SMILES string of the molecule is CSc1nc(NC(=O)Oc2cccc(Cl)c2)c2cnn(CCc3ccccc3)c2n1. The number of rotatable bonds is 6. The lowest BCUT2D eigenvalue weighted by atomic mass is 10.1. The summed E-state index contributed by atoms with van der Waals surface area (Å²) in [7, 11) is 0. The van der Waals surface area contributed by atoms with E-state index in [9.17, 15) is 4.79 Å². The minimum atomic E-state index is -0.665. The molecular formula is C21H18ClN5O2S. The third kappa shape index (κ3) is 4.72.